The van der Waals surface area contributed by atoms with Crippen molar-refractivity contribution in [3.8, 4) is 0 Å². The largest absolute Gasteiger partial charge is 0.268 e. The zero-order valence-corrected chi connectivity index (χ0v) is 14.1. The highest BCUT2D eigenvalue weighted by molar-refractivity contribution is 9.10. The Labute approximate surface area is 147 Å². The number of carbonyl (C=O) groups is 2. The maximum atomic E-state index is 13.1. The molecule has 0 saturated heterocycles. The molecule has 0 unspecified atom stereocenters. The van der Waals surface area contributed by atoms with E-state index in [1.807, 2.05) is 30.3 Å². The molecule has 2 aromatic rings. The second-order valence-corrected chi connectivity index (χ2v) is 5.58. The van der Waals surface area contributed by atoms with Crippen LogP contribution in [-0.2, 0) is 9.59 Å². The zero-order chi connectivity index (χ0) is 17.4. The van der Waals surface area contributed by atoms with Crippen molar-refractivity contribution in [3.05, 3.63) is 82.1 Å². The van der Waals surface area contributed by atoms with Crippen LogP contribution in [0.2, 0.25) is 0 Å². The Morgan fingerprint density at radius 1 is 0.875 bits per heavy atom. The summed E-state index contributed by atoms with van der Waals surface area (Å²) in [6.45, 7) is 0. The molecule has 0 heterocycles. The Bertz CT molecular complexity index is 789. The van der Waals surface area contributed by atoms with Crippen LogP contribution < -0.4 is 10.9 Å². The van der Waals surface area contributed by atoms with E-state index < -0.39 is 11.8 Å². The van der Waals surface area contributed by atoms with Gasteiger partial charge in [-0.25, -0.2) is 4.39 Å². The van der Waals surface area contributed by atoms with Crippen molar-refractivity contribution in [2.75, 3.05) is 0 Å². The SMILES string of the molecule is O=C(C=Cc1ccccc1)NNC(=O)/C=C/c1ccc(F)c(Br)c1. The topological polar surface area (TPSA) is 58.2 Å². The average Bonchev–Trinajstić information content (AvgIpc) is 2.60. The van der Waals surface area contributed by atoms with Crippen molar-refractivity contribution in [3.63, 3.8) is 0 Å². The van der Waals surface area contributed by atoms with E-state index in [4.69, 9.17) is 0 Å². The highest BCUT2D eigenvalue weighted by Crippen LogP contribution is 2.17. The first kappa shape index (κ1) is 17.6. The molecule has 24 heavy (non-hydrogen) atoms. The molecule has 6 heteroatoms. The van der Waals surface area contributed by atoms with Crippen LogP contribution in [0.1, 0.15) is 11.1 Å². The fraction of sp³-hybridized carbons (Fsp3) is 0. The van der Waals surface area contributed by atoms with Gasteiger partial charge >= 0.3 is 0 Å². The number of benzene rings is 2. The minimum atomic E-state index is -0.503. The molecule has 0 fully saturated rings. The molecule has 0 spiro atoms. The molecule has 0 aliphatic heterocycles. The molecule has 2 rings (SSSR count). The summed E-state index contributed by atoms with van der Waals surface area (Å²) in [5, 5.41) is 0. The Morgan fingerprint density at radius 3 is 2.04 bits per heavy atom. The first-order chi connectivity index (χ1) is 11.5. The summed E-state index contributed by atoms with van der Waals surface area (Å²) in [6, 6.07) is 13.7. The van der Waals surface area contributed by atoms with Crippen LogP contribution in [0.15, 0.2) is 65.2 Å². The first-order valence-corrected chi connectivity index (χ1v) is 7.80. The highest BCUT2D eigenvalue weighted by atomic mass is 79.9. The lowest BCUT2D eigenvalue weighted by molar-refractivity contribution is -0.123. The molecule has 0 atom stereocenters. The van der Waals surface area contributed by atoms with Crippen LogP contribution in [0.4, 0.5) is 4.39 Å². The predicted molar refractivity (Wildman–Crippen MR) is 94.9 cm³/mol. The number of hydrogen-bond donors (Lipinski definition) is 2. The van der Waals surface area contributed by atoms with Gasteiger partial charge in [-0.15, -0.1) is 0 Å². The van der Waals surface area contributed by atoms with Crippen LogP contribution in [0.25, 0.3) is 12.2 Å². The van der Waals surface area contributed by atoms with Crippen molar-refractivity contribution in [2.45, 2.75) is 0 Å². The smallest absolute Gasteiger partial charge is 0.262 e. The molecule has 2 amide bonds. The van der Waals surface area contributed by atoms with E-state index in [1.54, 1.807) is 12.1 Å². The van der Waals surface area contributed by atoms with Gasteiger partial charge in [-0.3, -0.25) is 20.4 Å². The molecule has 0 radical (unpaired) electrons. The lowest BCUT2D eigenvalue weighted by atomic mass is 10.2. The maximum Gasteiger partial charge on any atom is 0.262 e. The van der Waals surface area contributed by atoms with Gasteiger partial charge in [-0.2, -0.15) is 0 Å². The monoisotopic (exact) mass is 388 g/mol. The minimum absolute atomic E-state index is 0.310. The Kier molecular flexibility index (Phi) is 6.45. The summed E-state index contributed by atoms with van der Waals surface area (Å²) < 4.78 is 13.4. The van der Waals surface area contributed by atoms with E-state index in [0.717, 1.165) is 5.56 Å². The fourth-order valence-electron chi connectivity index (χ4n) is 1.73. The van der Waals surface area contributed by atoms with Crippen LogP contribution in [0, 0.1) is 5.82 Å². The van der Waals surface area contributed by atoms with E-state index in [0.29, 0.717) is 10.0 Å². The normalized spacial score (nSPS) is 10.9. The third-order valence-corrected chi connectivity index (χ3v) is 3.51. The van der Waals surface area contributed by atoms with Crippen LogP contribution >= 0.6 is 15.9 Å². The fourth-order valence-corrected chi connectivity index (χ4v) is 2.13. The summed E-state index contributed by atoms with van der Waals surface area (Å²) in [5.41, 5.74) is 6.04. The van der Waals surface area contributed by atoms with Crippen molar-refractivity contribution in [1.82, 2.24) is 10.9 Å². The Hall–Kier alpha value is -2.73. The number of hydrogen-bond acceptors (Lipinski definition) is 2. The van der Waals surface area contributed by atoms with Gasteiger partial charge in [0.1, 0.15) is 5.82 Å². The number of halogens is 2. The van der Waals surface area contributed by atoms with E-state index in [-0.39, 0.29) is 5.82 Å². The van der Waals surface area contributed by atoms with E-state index in [2.05, 4.69) is 26.8 Å². The third kappa shape index (κ3) is 5.81. The molecule has 122 valence electrons. The van der Waals surface area contributed by atoms with Crippen LogP contribution in [-0.4, -0.2) is 11.8 Å². The van der Waals surface area contributed by atoms with Gasteiger partial charge in [0.05, 0.1) is 4.47 Å². The van der Waals surface area contributed by atoms with Gasteiger partial charge in [0.25, 0.3) is 11.8 Å². The molecular weight excluding hydrogens is 375 g/mol. The summed E-state index contributed by atoms with van der Waals surface area (Å²) in [7, 11) is 0. The van der Waals surface area contributed by atoms with Gasteiger partial charge in [0.2, 0.25) is 0 Å². The first-order valence-electron chi connectivity index (χ1n) is 7.01. The van der Waals surface area contributed by atoms with Crippen molar-refractivity contribution in [2.24, 2.45) is 0 Å². The van der Waals surface area contributed by atoms with E-state index in [9.17, 15) is 14.0 Å². The lowest BCUT2D eigenvalue weighted by Crippen LogP contribution is -2.39. The van der Waals surface area contributed by atoms with Crippen molar-refractivity contribution in [1.29, 1.82) is 0 Å². The van der Waals surface area contributed by atoms with Gasteiger partial charge in [-0.05, 0) is 51.3 Å². The second kappa shape index (κ2) is 8.79. The van der Waals surface area contributed by atoms with Gasteiger partial charge < -0.3 is 0 Å². The maximum absolute atomic E-state index is 13.1. The average molecular weight is 389 g/mol. The standard InChI is InChI=1S/C18H14BrFN2O2/c19-15-12-14(6-9-16(15)20)8-11-18(24)22-21-17(23)10-7-13-4-2-1-3-5-13/h1-12H,(H,21,23)(H,22,24)/b10-7?,11-8+. The van der Waals surface area contributed by atoms with Gasteiger partial charge in [0, 0.05) is 12.2 Å². The number of hydrazine groups is 1. The second-order valence-electron chi connectivity index (χ2n) is 4.73. The number of amides is 2. The van der Waals surface area contributed by atoms with Crippen LogP contribution in [0.3, 0.4) is 0 Å². The van der Waals surface area contributed by atoms with Crippen LogP contribution in [0.5, 0.6) is 0 Å². The molecule has 0 aliphatic carbocycles. The number of carbonyl (C=O) groups excluding carboxylic acids is 2. The van der Waals surface area contributed by atoms with E-state index in [1.165, 1.54) is 30.4 Å². The van der Waals surface area contributed by atoms with E-state index >= 15 is 0 Å². The molecule has 0 aliphatic rings. The summed E-state index contributed by atoms with van der Waals surface area (Å²) in [4.78, 5) is 23.2. The number of nitrogens with one attached hydrogen (secondary N) is 2. The Balaban J connectivity index is 1.82. The molecule has 4 nitrogen and oxygen atoms in total. The zero-order valence-electron chi connectivity index (χ0n) is 12.5. The molecule has 0 bridgehead atoms. The molecule has 2 aromatic carbocycles. The van der Waals surface area contributed by atoms with Gasteiger partial charge in [-0.1, -0.05) is 36.4 Å². The molecule has 0 aromatic heterocycles. The summed E-state index contributed by atoms with van der Waals surface area (Å²) in [6.07, 6.45) is 5.69. The van der Waals surface area contributed by atoms with Gasteiger partial charge in [0.15, 0.2) is 0 Å². The minimum Gasteiger partial charge on any atom is -0.268 e. The quantitative estimate of drug-likeness (QED) is 0.622. The van der Waals surface area contributed by atoms with Crippen molar-refractivity contribution < 1.29 is 14.0 Å². The molecular formula is C18H14BrFN2O2. The number of rotatable bonds is 4. The predicted octanol–water partition coefficient (Wildman–Crippen LogP) is 3.46. The third-order valence-electron chi connectivity index (χ3n) is 2.91. The summed E-state index contributed by atoms with van der Waals surface area (Å²) in [5.74, 6) is -1.34. The molecule has 0 saturated carbocycles. The Morgan fingerprint density at radius 2 is 1.46 bits per heavy atom. The molecule has 2 N–H and O–H groups in total. The lowest BCUT2D eigenvalue weighted by Gasteiger charge is -2.02. The highest BCUT2D eigenvalue weighted by Gasteiger charge is 2.00. The van der Waals surface area contributed by atoms with Crippen molar-refractivity contribution >= 4 is 39.9 Å². The summed E-state index contributed by atoms with van der Waals surface area (Å²) >= 11 is 3.07.